The molecule has 0 saturated heterocycles. The molecule has 1 aromatic rings. The van der Waals surface area contributed by atoms with E-state index in [0.717, 1.165) is 18.5 Å². The monoisotopic (exact) mass is 465 g/mol. The zero-order chi connectivity index (χ0) is 17.8. The highest BCUT2D eigenvalue weighted by molar-refractivity contribution is 14.0. The summed E-state index contributed by atoms with van der Waals surface area (Å²) >= 11 is 0. The Bertz CT molecular complexity index is 499. The molecule has 0 amide bonds. The number of hydrogen-bond acceptors (Lipinski definition) is 4. The molecule has 0 bridgehead atoms. The number of aliphatic imine (C=N–C) groups is 1. The molecule has 0 heterocycles. The maximum Gasteiger partial charge on any atom is 0.203 e. The van der Waals surface area contributed by atoms with Crippen LogP contribution in [0.4, 0.5) is 0 Å². The maximum atomic E-state index is 5.91. The van der Waals surface area contributed by atoms with Gasteiger partial charge >= 0.3 is 0 Å². The van der Waals surface area contributed by atoms with Crippen LogP contribution in [0.25, 0.3) is 0 Å². The van der Waals surface area contributed by atoms with Crippen LogP contribution in [0.15, 0.2) is 17.1 Å². The lowest BCUT2D eigenvalue weighted by molar-refractivity contribution is 0.288. The van der Waals surface area contributed by atoms with Crippen LogP contribution in [0, 0.1) is 0 Å². The van der Waals surface area contributed by atoms with Crippen molar-refractivity contribution in [3.05, 3.63) is 17.7 Å². The lowest BCUT2D eigenvalue weighted by atomic mass is 10.2. The largest absolute Gasteiger partial charge is 0.493 e. The van der Waals surface area contributed by atoms with Crippen LogP contribution in [0.3, 0.4) is 0 Å². The van der Waals surface area contributed by atoms with Gasteiger partial charge in [-0.1, -0.05) is 26.2 Å². The minimum Gasteiger partial charge on any atom is -0.493 e. The molecule has 1 rings (SSSR count). The second-order valence-corrected chi connectivity index (χ2v) is 5.45. The van der Waals surface area contributed by atoms with Gasteiger partial charge in [-0.15, -0.1) is 24.0 Å². The van der Waals surface area contributed by atoms with Crippen LogP contribution < -0.4 is 25.3 Å². The second-order valence-electron chi connectivity index (χ2n) is 5.45. The molecule has 0 aliphatic heterocycles. The summed E-state index contributed by atoms with van der Waals surface area (Å²) in [4.78, 5) is 4.37. The van der Waals surface area contributed by atoms with E-state index in [1.54, 1.807) is 14.2 Å². The molecule has 0 aromatic heterocycles. The summed E-state index contributed by atoms with van der Waals surface area (Å²) in [6, 6.07) is 3.79. The van der Waals surface area contributed by atoms with Gasteiger partial charge in [0, 0.05) is 6.54 Å². The lowest BCUT2D eigenvalue weighted by Gasteiger charge is -2.15. The Morgan fingerprint density at radius 3 is 2.24 bits per heavy atom. The molecule has 0 aliphatic rings. The van der Waals surface area contributed by atoms with Crippen molar-refractivity contribution in [2.45, 2.75) is 46.1 Å². The van der Waals surface area contributed by atoms with Crippen LogP contribution in [-0.2, 0) is 6.54 Å². The fourth-order valence-corrected chi connectivity index (χ4v) is 2.31. The molecule has 0 radical (unpaired) electrons. The standard InChI is InChI=1S/C18H31N3O3.HI/c1-5-7-8-9-10-20-18(19)21-13-14-11-15(22-3)17(24-6-2)16(12-14)23-4;/h11-12H,5-10,13H2,1-4H3,(H3,19,20,21);1H. The number of rotatable bonds is 11. The highest BCUT2D eigenvalue weighted by atomic mass is 127. The van der Waals surface area contributed by atoms with Gasteiger partial charge in [-0.3, -0.25) is 0 Å². The average Bonchev–Trinajstić information content (AvgIpc) is 2.60. The smallest absolute Gasteiger partial charge is 0.203 e. The van der Waals surface area contributed by atoms with Gasteiger partial charge in [0.1, 0.15) is 0 Å². The van der Waals surface area contributed by atoms with Crippen LogP contribution in [0.1, 0.15) is 45.1 Å². The number of nitrogens with two attached hydrogens (primary N) is 1. The molecule has 0 atom stereocenters. The zero-order valence-electron chi connectivity index (χ0n) is 15.8. The topological polar surface area (TPSA) is 78.1 Å². The highest BCUT2D eigenvalue weighted by Gasteiger charge is 2.13. The summed E-state index contributed by atoms with van der Waals surface area (Å²) in [7, 11) is 3.22. The summed E-state index contributed by atoms with van der Waals surface area (Å²) in [5, 5.41) is 3.14. The van der Waals surface area contributed by atoms with Gasteiger partial charge < -0.3 is 25.3 Å². The lowest BCUT2D eigenvalue weighted by Crippen LogP contribution is -2.32. The first-order valence-corrected chi connectivity index (χ1v) is 8.57. The van der Waals surface area contributed by atoms with Gasteiger partial charge in [-0.2, -0.15) is 0 Å². The normalized spacial score (nSPS) is 10.8. The summed E-state index contributed by atoms with van der Waals surface area (Å²) in [5.74, 6) is 2.33. The van der Waals surface area contributed by atoms with Crippen LogP contribution in [0.2, 0.25) is 0 Å². The number of unbranched alkanes of at least 4 members (excludes halogenated alkanes) is 3. The van der Waals surface area contributed by atoms with Gasteiger partial charge in [0.15, 0.2) is 17.5 Å². The van der Waals surface area contributed by atoms with Crippen LogP contribution >= 0.6 is 24.0 Å². The van der Waals surface area contributed by atoms with Crippen molar-refractivity contribution in [1.82, 2.24) is 5.32 Å². The molecular weight excluding hydrogens is 433 g/mol. The molecule has 25 heavy (non-hydrogen) atoms. The van der Waals surface area contributed by atoms with Crippen molar-refractivity contribution in [1.29, 1.82) is 0 Å². The van der Waals surface area contributed by atoms with E-state index in [1.165, 1.54) is 19.3 Å². The van der Waals surface area contributed by atoms with Gasteiger partial charge in [0.25, 0.3) is 0 Å². The van der Waals surface area contributed by atoms with Crippen LogP contribution in [0.5, 0.6) is 17.2 Å². The van der Waals surface area contributed by atoms with Crippen molar-refractivity contribution in [2.75, 3.05) is 27.4 Å². The van der Waals surface area contributed by atoms with Crippen molar-refractivity contribution in [2.24, 2.45) is 10.7 Å². The molecule has 1 aromatic carbocycles. The van der Waals surface area contributed by atoms with E-state index < -0.39 is 0 Å². The molecule has 3 N–H and O–H groups in total. The maximum absolute atomic E-state index is 5.91. The molecule has 6 nitrogen and oxygen atoms in total. The number of guanidine groups is 1. The van der Waals surface area contributed by atoms with E-state index in [4.69, 9.17) is 19.9 Å². The second kappa shape index (κ2) is 13.9. The molecule has 7 heteroatoms. The van der Waals surface area contributed by atoms with E-state index in [2.05, 4.69) is 17.2 Å². The Balaban J connectivity index is 0.00000576. The SMILES string of the molecule is CCCCCCNC(N)=NCc1cc(OC)c(OCC)c(OC)c1.I. The third kappa shape index (κ3) is 8.51. The predicted octanol–water partition coefficient (Wildman–Crippen LogP) is 3.71. The summed E-state index contributed by atoms with van der Waals surface area (Å²) in [5.41, 5.74) is 6.85. The molecule has 0 aliphatic carbocycles. The molecule has 0 saturated carbocycles. The Kier molecular flexibility index (Phi) is 13.1. The van der Waals surface area contributed by atoms with E-state index >= 15 is 0 Å². The van der Waals surface area contributed by atoms with Gasteiger partial charge in [0.05, 0.1) is 27.4 Å². The van der Waals surface area contributed by atoms with E-state index in [0.29, 0.717) is 36.4 Å². The van der Waals surface area contributed by atoms with Gasteiger partial charge in [-0.25, -0.2) is 4.99 Å². The number of benzene rings is 1. The number of hydrogen-bond donors (Lipinski definition) is 2. The molecule has 0 fully saturated rings. The van der Waals surface area contributed by atoms with Crippen molar-refractivity contribution >= 4 is 29.9 Å². The Hall–Kier alpha value is -1.38. The van der Waals surface area contributed by atoms with E-state index in [1.807, 2.05) is 19.1 Å². The summed E-state index contributed by atoms with van der Waals surface area (Å²) < 4.78 is 16.4. The summed E-state index contributed by atoms with van der Waals surface area (Å²) in [6.45, 7) is 5.96. The fourth-order valence-electron chi connectivity index (χ4n) is 2.31. The Labute approximate surface area is 168 Å². The minimum absolute atomic E-state index is 0. The van der Waals surface area contributed by atoms with E-state index in [-0.39, 0.29) is 24.0 Å². The van der Waals surface area contributed by atoms with Crippen molar-refractivity contribution in [3.63, 3.8) is 0 Å². The predicted molar refractivity (Wildman–Crippen MR) is 114 cm³/mol. The number of nitrogens with one attached hydrogen (secondary N) is 1. The van der Waals surface area contributed by atoms with E-state index in [9.17, 15) is 0 Å². The molecule has 0 unspecified atom stereocenters. The average molecular weight is 465 g/mol. The van der Waals surface area contributed by atoms with Crippen LogP contribution in [-0.4, -0.2) is 33.3 Å². The van der Waals surface area contributed by atoms with Crippen molar-refractivity contribution < 1.29 is 14.2 Å². The zero-order valence-corrected chi connectivity index (χ0v) is 18.1. The van der Waals surface area contributed by atoms with Crippen molar-refractivity contribution in [3.8, 4) is 17.2 Å². The number of methoxy groups -OCH3 is 2. The molecule has 144 valence electrons. The fraction of sp³-hybridized carbons (Fsp3) is 0.611. The first-order chi connectivity index (χ1) is 11.7. The molecular formula is C18H32IN3O3. The highest BCUT2D eigenvalue weighted by Crippen LogP contribution is 2.38. The Morgan fingerprint density at radius 1 is 1.08 bits per heavy atom. The Morgan fingerprint density at radius 2 is 1.72 bits per heavy atom. The number of ether oxygens (including phenoxy) is 3. The minimum atomic E-state index is 0. The number of nitrogens with zero attached hydrogens (tertiary/aromatic N) is 1. The molecule has 0 spiro atoms. The first kappa shape index (κ1) is 23.6. The number of halogens is 1. The summed E-state index contributed by atoms with van der Waals surface area (Å²) in [6.07, 6.45) is 4.80. The quantitative estimate of drug-likeness (QED) is 0.226. The van der Waals surface area contributed by atoms with Gasteiger partial charge in [0.2, 0.25) is 5.75 Å². The first-order valence-electron chi connectivity index (χ1n) is 8.57. The third-order valence-electron chi connectivity index (χ3n) is 3.58. The van der Waals surface area contributed by atoms with Gasteiger partial charge in [-0.05, 0) is 31.0 Å². The third-order valence-corrected chi connectivity index (χ3v) is 3.58.